The lowest BCUT2D eigenvalue weighted by Crippen LogP contribution is -2.37. The maximum Gasteiger partial charge on any atom is 0.199 e. The number of aromatic hydroxyl groups is 1. The summed E-state index contributed by atoms with van der Waals surface area (Å²) in [5.74, 6) is -0.0229. The van der Waals surface area contributed by atoms with E-state index in [2.05, 4.69) is 35.9 Å². The summed E-state index contributed by atoms with van der Waals surface area (Å²) in [5, 5.41) is 10.5. The summed E-state index contributed by atoms with van der Waals surface area (Å²) in [6, 6.07) is 4.91. The van der Waals surface area contributed by atoms with Crippen LogP contribution in [0.1, 0.15) is 0 Å². The Morgan fingerprint density at radius 1 is 1.14 bits per heavy atom. The van der Waals surface area contributed by atoms with E-state index in [0.717, 1.165) is 6.20 Å². The molecule has 0 saturated carbocycles. The molecule has 3 heterocycles. The molecule has 0 aliphatic carbocycles. The van der Waals surface area contributed by atoms with Crippen LogP contribution in [-0.4, -0.2) is 51.3 Å². The third-order valence-corrected chi connectivity index (χ3v) is 4.94. The van der Waals surface area contributed by atoms with E-state index in [4.69, 9.17) is 16.3 Å². The van der Waals surface area contributed by atoms with Crippen LogP contribution in [0.15, 0.2) is 35.1 Å². The Morgan fingerprint density at radius 2 is 1.89 bits per heavy atom. The lowest BCUT2D eigenvalue weighted by atomic mass is 10.1. The highest BCUT2D eigenvalue weighted by atomic mass is 79.9. The molecule has 2 aromatic heterocycles. The van der Waals surface area contributed by atoms with E-state index in [-0.39, 0.29) is 28.2 Å². The van der Waals surface area contributed by atoms with E-state index in [9.17, 15) is 9.50 Å². The molecule has 7 nitrogen and oxygen atoms in total. The summed E-state index contributed by atoms with van der Waals surface area (Å²) < 4.78 is 20.2. The summed E-state index contributed by atoms with van der Waals surface area (Å²) in [7, 11) is 0. The standard InChI is InChI=1S/C18H14BrClFN5O2/c19-10-7-11(15(27)12(20)8-10)14-1-2-22-16(24-14)17-23-9-13(21)18(25-17)26-3-5-28-6-4-26/h1-2,7-9,27H,3-6H2. The van der Waals surface area contributed by atoms with Gasteiger partial charge in [-0.15, -0.1) is 0 Å². The molecule has 1 saturated heterocycles. The summed E-state index contributed by atoms with van der Waals surface area (Å²) in [6.45, 7) is 2.10. The third kappa shape index (κ3) is 3.78. The van der Waals surface area contributed by atoms with Crippen molar-refractivity contribution in [1.82, 2.24) is 19.9 Å². The molecule has 10 heteroatoms. The zero-order chi connectivity index (χ0) is 19.7. The second-order valence-electron chi connectivity index (χ2n) is 6.01. The Balaban J connectivity index is 1.74. The molecule has 0 atom stereocenters. The number of benzene rings is 1. The predicted octanol–water partition coefficient (Wildman–Crippen LogP) is 3.70. The van der Waals surface area contributed by atoms with Gasteiger partial charge in [0.1, 0.15) is 5.75 Å². The van der Waals surface area contributed by atoms with Crippen molar-refractivity contribution in [2.45, 2.75) is 0 Å². The van der Waals surface area contributed by atoms with Gasteiger partial charge in [-0.1, -0.05) is 27.5 Å². The number of aromatic nitrogens is 4. The van der Waals surface area contributed by atoms with Gasteiger partial charge < -0.3 is 14.7 Å². The first kappa shape index (κ1) is 19.0. The number of hydrogen-bond donors (Lipinski definition) is 1. The van der Waals surface area contributed by atoms with E-state index in [1.54, 1.807) is 23.1 Å². The van der Waals surface area contributed by atoms with Gasteiger partial charge in [-0.2, -0.15) is 0 Å². The van der Waals surface area contributed by atoms with Gasteiger partial charge in [-0.3, -0.25) is 0 Å². The Morgan fingerprint density at radius 3 is 2.68 bits per heavy atom. The Labute approximate surface area is 173 Å². The van der Waals surface area contributed by atoms with Gasteiger partial charge >= 0.3 is 0 Å². The number of hydrogen-bond acceptors (Lipinski definition) is 7. The zero-order valence-electron chi connectivity index (χ0n) is 14.4. The smallest absolute Gasteiger partial charge is 0.199 e. The van der Waals surface area contributed by atoms with Gasteiger partial charge in [0.25, 0.3) is 0 Å². The number of phenolic OH excluding ortho intramolecular Hbond substituents is 1. The van der Waals surface area contributed by atoms with E-state index < -0.39 is 5.82 Å². The summed E-state index contributed by atoms with van der Waals surface area (Å²) in [6.07, 6.45) is 2.63. The van der Waals surface area contributed by atoms with Crippen LogP contribution in [0.25, 0.3) is 22.9 Å². The van der Waals surface area contributed by atoms with Gasteiger partial charge in [0.05, 0.1) is 30.1 Å². The fourth-order valence-electron chi connectivity index (χ4n) is 2.84. The molecule has 1 aliphatic rings. The fourth-order valence-corrected chi connectivity index (χ4v) is 3.65. The number of rotatable bonds is 3. The highest BCUT2D eigenvalue weighted by Gasteiger charge is 2.20. The number of halogens is 3. The average Bonchev–Trinajstić information content (AvgIpc) is 2.72. The van der Waals surface area contributed by atoms with Crippen molar-refractivity contribution in [3.63, 3.8) is 0 Å². The first-order valence-electron chi connectivity index (χ1n) is 8.40. The molecule has 4 rings (SSSR count). The lowest BCUT2D eigenvalue weighted by molar-refractivity contribution is 0.122. The number of phenols is 1. The number of nitrogens with zero attached hydrogens (tertiary/aromatic N) is 5. The highest BCUT2D eigenvalue weighted by molar-refractivity contribution is 9.10. The van der Waals surface area contributed by atoms with Crippen molar-refractivity contribution in [3.05, 3.63) is 45.9 Å². The Kier molecular flexibility index (Phi) is 5.38. The third-order valence-electron chi connectivity index (χ3n) is 4.20. The van der Waals surface area contributed by atoms with Crippen LogP contribution in [0, 0.1) is 5.82 Å². The molecule has 1 aliphatic heterocycles. The topological polar surface area (TPSA) is 84.3 Å². The van der Waals surface area contributed by atoms with Crippen LogP contribution in [0.5, 0.6) is 5.75 Å². The van der Waals surface area contributed by atoms with E-state index in [1.807, 2.05) is 0 Å². The number of anilines is 1. The second-order valence-corrected chi connectivity index (χ2v) is 7.34. The maximum atomic E-state index is 14.3. The quantitative estimate of drug-likeness (QED) is 0.630. The monoisotopic (exact) mass is 465 g/mol. The normalized spacial score (nSPS) is 14.3. The van der Waals surface area contributed by atoms with E-state index in [1.165, 1.54) is 6.20 Å². The average molecular weight is 467 g/mol. The van der Waals surface area contributed by atoms with Crippen molar-refractivity contribution in [2.75, 3.05) is 31.2 Å². The molecule has 0 unspecified atom stereocenters. The number of morpholine rings is 1. The molecule has 1 fully saturated rings. The van der Waals surface area contributed by atoms with Crippen LogP contribution in [0.3, 0.4) is 0 Å². The van der Waals surface area contributed by atoms with Crippen LogP contribution in [0.4, 0.5) is 10.2 Å². The van der Waals surface area contributed by atoms with Crippen molar-refractivity contribution in [2.24, 2.45) is 0 Å². The minimum absolute atomic E-state index is 0.0939. The van der Waals surface area contributed by atoms with E-state index >= 15 is 0 Å². The van der Waals surface area contributed by atoms with Crippen LogP contribution in [-0.2, 0) is 4.74 Å². The molecule has 0 radical (unpaired) electrons. The van der Waals surface area contributed by atoms with Gasteiger partial charge in [0.2, 0.25) is 0 Å². The van der Waals surface area contributed by atoms with Gasteiger partial charge in [-0.25, -0.2) is 24.3 Å². The molecule has 0 spiro atoms. The van der Waals surface area contributed by atoms with Crippen molar-refractivity contribution < 1.29 is 14.2 Å². The largest absolute Gasteiger partial charge is 0.506 e. The second kappa shape index (κ2) is 7.94. The van der Waals surface area contributed by atoms with Gasteiger partial charge in [0, 0.05) is 29.3 Å². The summed E-state index contributed by atoms with van der Waals surface area (Å²) in [5.41, 5.74) is 0.866. The van der Waals surface area contributed by atoms with Crippen molar-refractivity contribution >= 4 is 33.3 Å². The highest BCUT2D eigenvalue weighted by Crippen LogP contribution is 2.37. The summed E-state index contributed by atoms with van der Waals surface area (Å²) in [4.78, 5) is 18.8. The summed E-state index contributed by atoms with van der Waals surface area (Å²) >= 11 is 9.39. The minimum atomic E-state index is -0.516. The van der Waals surface area contributed by atoms with Crippen LogP contribution >= 0.6 is 27.5 Å². The maximum absolute atomic E-state index is 14.3. The molecular weight excluding hydrogens is 453 g/mol. The van der Waals surface area contributed by atoms with Crippen molar-refractivity contribution in [1.29, 1.82) is 0 Å². The molecule has 144 valence electrons. The first-order chi connectivity index (χ1) is 13.5. The zero-order valence-corrected chi connectivity index (χ0v) is 16.8. The van der Waals surface area contributed by atoms with Crippen LogP contribution < -0.4 is 4.90 Å². The van der Waals surface area contributed by atoms with E-state index in [0.29, 0.717) is 42.0 Å². The molecule has 0 bridgehead atoms. The molecule has 0 amide bonds. The molecule has 1 aromatic carbocycles. The Bertz CT molecular complexity index is 1030. The molecule has 3 aromatic rings. The minimum Gasteiger partial charge on any atom is -0.506 e. The molecule has 28 heavy (non-hydrogen) atoms. The SMILES string of the molecule is Oc1c(Cl)cc(Br)cc1-c1ccnc(-c2ncc(F)c(N3CCOCC3)n2)n1. The van der Waals surface area contributed by atoms with Gasteiger partial charge in [-0.05, 0) is 18.2 Å². The molecule has 1 N–H and O–H groups in total. The lowest BCUT2D eigenvalue weighted by Gasteiger charge is -2.27. The van der Waals surface area contributed by atoms with Crippen molar-refractivity contribution in [3.8, 4) is 28.7 Å². The fraction of sp³-hybridized carbons (Fsp3) is 0.222. The molecular formula is C18H14BrClFN5O2. The predicted molar refractivity (Wildman–Crippen MR) is 106 cm³/mol. The Hall–Kier alpha value is -2.36. The van der Waals surface area contributed by atoms with Crippen LogP contribution in [0.2, 0.25) is 5.02 Å². The first-order valence-corrected chi connectivity index (χ1v) is 9.57. The number of ether oxygens (including phenoxy) is 1. The van der Waals surface area contributed by atoms with Gasteiger partial charge in [0.15, 0.2) is 23.3 Å².